The number of aryl methyl sites for hydroxylation is 1. The number of carbonyl (C=O) groups is 2. The van der Waals surface area contributed by atoms with E-state index in [4.69, 9.17) is 0 Å². The standard InChI is InChI=1S/C16H21N3O2/c1-11-6-5-7-13(17-11)10-19-14(20)12(2)18-15(21)16(19)8-3-4-9-16/h5-7,12H,3-4,8-10H2,1-2H3,(H,18,21). The molecular weight excluding hydrogens is 266 g/mol. The molecule has 1 aliphatic heterocycles. The zero-order valence-electron chi connectivity index (χ0n) is 12.6. The number of pyridine rings is 1. The van der Waals surface area contributed by atoms with Gasteiger partial charge in [0.15, 0.2) is 0 Å². The lowest BCUT2D eigenvalue weighted by molar-refractivity contribution is -0.157. The fourth-order valence-electron chi connectivity index (χ4n) is 3.50. The van der Waals surface area contributed by atoms with Crippen molar-refractivity contribution in [2.75, 3.05) is 0 Å². The van der Waals surface area contributed by atoms with Crippen molar-refractivity contribution in [2.45, 2.75) is 57.7 Å². The highest BCUT2D eigenvalue weighted by molar-refractivity contribution is 5.99. The first kappa shape index (κ1) is 14.0. The van der Waals surface area contributed by atoms with E-state index >= 15 is 0 Å². The molecule has 5 nitrogen and oxygen atoms in total. The van der Waals surface area contributed by atoms with Crippen LogP contribution in [0, 0.1) is 6.92 Å². The third kappa shape index (κ3) is 2.30. The number of nitrogens with one attached hydrogen (secondary N) is 1. The minimum atomic E-state index is -0.658. The quantitative estimate of drug-likeness (QED) is 0.897. The van der Waals surface area contributed by atoms with Gasteiger partial charge in [0.1, 0.15) is 11.6 Å². The summed E-state index contributed by atoms with van der Waals surface area (Å²) in [6, 6.07) is 5.34. The van der Waals surface area contributed by atoms with E-state index in [0.717, 1.165) is 37.1 Å². The Hall–Kier alpha value is -1.91. The Balaban J connectivity index is 1.94. The minimum absolute atomic E-state index is 0.000180. The number of amides is 2. The summed E-state index contributed by atoms with van der Waals surface area (Å²) in [4.78, 5) is 31.4. The lowest BCUT2D eigenvalue weighted by Crippen LogP contribution is -2.68. The number of hydrogen-bond donors (Lipinski definition) is 1. The Labute approximate surface area is 124 Å². The van der Waals surface area contributed by atoms with Crippen molar-refractivity contribution in [3.63, 3.8) is 0 Å². The Morgan fingerprint density at radius 3 is 2.71 bits per heavy atom. The summed E-state index contributed by atoms with van der Waals surface area (Å²) in [6.45, 7) is 4.10. The van der Waals surface area contributed by atoms with Crippen molar-refractivity contribution in [1.82, 2.24) is 15.2 Å². The topological polar surface area (TPSA) is 62.3 Å². The van der Waals surface area contributed by atoms with Gasteiger partial charge in [-0.2, -0.15) is 0 Å². The zero-order chi connectivity index (χ0) is 15.0. The summed E-state index contributed by atoms with van der Waals surface area (Å²) in [5.74, 6) is -0.000408. The van der Waals surface area contributed by atoms with Crippen LogP contribution in [0.15, 0.2) is 18.2 Å². The van der Waals surface area contributed by atoms with Crippen LogP contribution in [0.2, 0.25) is 0 Å². The molecule has 1 aliphatic carbocycles. The van der Waals surface area contributed by atoms with Crippen molar-refractivity contribution >= 4 is 11.8 Å². The first-order chi connectivity index (χ1) is 10.0. The predicted molar refractivity (Wildman–Crippen MR) is 78.3 cm³/mol. The summed E-state index contributed by atoms with van der Waals surface area (Å²) >= 11 is 0. The number of hydrogen-bond acceptors (Lipinski definition) is 3. The Kier molecular flexibility index (Phi) is 3.43. The van der Waals surface area contributed by atoms with Crippen LogP contribution in [-0.2, 0) is 16.1 Å². The molecular formula is C16H21N3O2. The highest BCUT2D eigenvalue weighted by atomic mass is 16.2. The number of piperazine rings is 1. The fraction of sp³-hybridized carbons (Fsp3) is 0.562. The van der Waals surface area contributed by atoms with Gasteiger partial charge in [0.2, 0.25) is 11.8 Å². The van der Waals surface area contributed by atoms with Gasteiger partial charge in [-0.1, -0.05) is 18.9 Å². The van der Waals surface area contributed by atoms with Crippen molar-refractivity contribution in [1.29, 1.82) is 0 Å². The summed E-state index contributed by atoms with van der Waals surface area (Å²) < 4.78 is 0. The number of nitrogens with zero attached hydrogens (tertiary/aromatic N) is 2. The van der Waals surface area contributed by atoms with Crippen molar-refractivity contribution in [2.24, 2.45) is 0 Å². The maximum Gasteiger partial charge on any atom is 0.246 e. The SMILES string of the molecule is Cc1cccc(CN2C(=O)C(C)NC(=O)C23CCCC3)n1. The average molecular weight is 287 g/mol. The minimum Gasteiger partial charge on any atom is -0.343 e. The highest BCUT2D eigenvalue weighted by Crippen LogP contribution is 2.38. The van der Waals surface area contributed by atoms with Crippen LogP contribution < -0.4 is 5.32 Å². The molecule has 1 aromatic rings. The van der Waals surface area contributed by atoms with Crippen LogP contribution in [-0.4, -0.2) is 33.3 Å². The number of carbonyl (C=O) groups excluding carboxylic acids is 2. The lowest BCUT2D eigenvalue weighted by Gasteiger charge is -2.45. The maximum atomic E-state index is 12.6. The van der Waals surface area contributed by atoms with Gasteiger partial charge in [0, 0.05) is 5.69 Å². The van der Waals surface area contributed by atoms with Gasteiger partial charge < -0.3 is 10.2 Å². The van der Waals surface area contributed by atoms with Gasteiger partial charge in [-0.15, -0.1) is 0 Å². The van der Waals surface area contributed by atoms with Crippen LogP contribution in [0.3, 0.4) is 0 Å². The van der Waals surface area contributed by atoms with Crippen molar-refractivity contribution in [3.8, 4) is 0 Å². The molecule has 112 valence electrons. The molecule has 3 rings (SSSR count). The zero-order valence-corrected chi connectivity index (χ0v) is 12.6. The third-order valence-electron chi connectivity index (χ3n) is 4.62. The predicted octanol–water partition coefficient (Wildman–Crippen LogP) is 1.55. The second-order valence-electron chi connectivity index (χ2n) is 6.13. The smallest absolute Gasteiger partial charge is 0.246 e. The van der Waals surface area contributed by atoms with E-state index in [1.165, 1.54) is 0 Å². The van der Waals surface area contributed by atoms with Gasteiger partial charge in [-0.25, -0.2) is 0 Å². The molecule has 1 N–H and O–H groups in total. The summed E-state index contributed by atoms with van der Waals surface area (Å²) in [5, 5.41) is 2.84. The molecule has 2 aliphatic rings. The van der Waals surface area contributed by atoms with E-state index in [9.17, 15) is 9.59 Å². The molecule has 5 heteroatoms. The van der Waals surface area contributed by atoms with Gasteiger partial charge in [0.05, 0.1) is 12.2 Å². The molecule has 21 heavy (non-hydrogen) atoms. The molecule has 1 aromatic heterocycles. The molecule has 2 fully saturated rings. The average Bonchev–Trinajstić information content (AvgIpc) is 2.93. The normalized spacial score (nSPS) is 24.5. The van der Waals surface area contributed by atoms with E-state index in [1.807, 2.05) is 25.1 Å². The van der Waals surface area contributed by atoms with E-state index in [2.05, 4.69) is 10.3 Å². The van der Waals surface area contributed by atoms with Crippen molar-refractivity contribution in [3.05, 3.63) is 29.6 Å². The van der Waals surface area contributed by atoms with Crippen LogP contribution in [0.25, 0.3) is 0 Å². The molecule has 1 saturated carbocycles. The second kappa shape index (κ2) is 5.13. The van der Waals surface area contributed by atoms with Gasteiger partial charge in [0.25, 0.3) is 0 Å². The largest absolute Gasteiger partial charge is 0.343 e. The fourth-order valence-corrected chi connectivity index (χ4v) is 3.50. The third-order valence-corrected chi connectivity index (χ3v) is 4.62. The summed E-state index contributed by atoms with van der Waals surface area (Å²) in [6.07, 6.45) is 3.49. The Bertz CT molecular complexity index is 579. The molecule has 1 atom stereocenters. The Morgan fingerprint density at radius 1 is 1.33 bits per heavy atom. The highest BCUT2D eigenvalue weighted by Gasteiger charge is 2.52. The molecule has 0 radical (unpaired) electrons. The summed E-state index contributed by atoms with van der Waals surface area (Å²) in [7, 11) is 0. The van der Waals surface area contributed by atoms with E-state index in [0.29, 0.717) is 6.54 Å². The summed E-state index contributed by atoms with van der Waals surface area (Å²) in [5.41, 5.74) is 1.11. The molecule has 2 amide bonds. The van der Waals surface area contributed by atoms with Gasteiger partial charge in [-0.3, -0.25) is 14.6 Å². The Morgan fingerprint density at radius 2 is 2.05 bits per heavy atom. The number of rotatable bonds is 2. The molecule has 1 spiro atoms. The molecule has 2 heterocycles. The molecule has 1 saturated heterocycles. The van der Waals surface area contributed by atoms with Crippen molar-refractivity contribution < 1.29 is 9.59 Å². The van der Waals surface area contributed by atoms with Gasteiger partial charge >= 0.3 is 0 Å². The molecule has 1 unspecified atom stereocenters. The first-order valence-corrected chi connectivity index (χ1v) is 7.58. The first-order valence-electron chi connectivity index (χ1n) is 7.58. The van der Waals surface area contributed by atoms with Gasteiger partial charge in [-0.05, 0) is 38.8 Å². The van der Waals surface area contributed by atoms with E-state index < -0.39 is 11.6 Å². The van der Waals surface area contributed by atoms with Crippen LogP contribution in [0.1, 0.15) is 44.0 Å². The van der Waals surface area contributed by atoms with E-state index in [-0.39, 0.29) is 11.8 Å². The number of aromatic nitrogens is 1. The molecule has 0 aromatic carbocycles. The van der Waals surface area contributed by atoms with Crippen LogP contribution in [0.5, 0.6) is 0 Å². The molecule has 0 bridgehead atoms. The van der Waals surface area contributed by atoms with Crippen LogP contribution in [0.4, 0.5) is 0 Å². The maximum absolute atomic E-state index is 12.6. The monoisotopic (exact) mass is 287 g/mol. The lowest BCUT2D eigenvalue weighted by atomic mass is 9.89. The van der Waals surface area contributed by atoms with E-state index in [1.54, 1.807) is 11.8 Å². The van der Waals surface area contributed by atoms with Crippen LogP contribution >= 0.6 is 0 Å². The second-order valence-corrected chi connectivity index (χ2v) is 6.13.